The molecule has 0 fully saturated rings. The smallest absolute Gasteiger partial charge is 0.188 e. The van der Waals surface area contributed by atoms with Crippen LogP contribution in [0.25, 0.3) is 10.2 Å². The van der Waals surface area contributed by atoms with E-state index in [4.69, 9.17) is 23.2 Å². The Labute approximate surface area is 125 Å². The Morgan fingerprint density at radius 2 is 2.00 bits per heavy atom. The maximum Gasteiger partial charge on any atom is 0.188 e. The van der Waals surface area contributed by atoms with Crippen LogP contribution in [0.5, 0.6) is 0 Å². The number of aromatic nitrogens is 1. The second kappa shape index (κ2) is 5.00. The van der Waals surface area contributed by atoms with Crippen molar-refractivity contribution in [2.24, 2.45) is 0 Å². The van der Waals surface area contributed by atoms with Gasteiger partial charge in [-0.1, -0.05) is 46.7 Å². The van der Waals surface area contributed by atoms with Crippen molar-refractivity contribution in [1.82, 2.24) is 4.98 Å². The first-order valence-electron chi connectivity index (χ1n) is 5.72. The van der Waals surface area contributed by atoms with Crippen LogP contribution in [0.15, 0.2) is 36.4 Å². The lowest BCUT2D eigenvalue weighted by atomic mass is 10.2. The molecule has 0 aliphatic carbocycles. The molecule has 0 radical (unpaired) electrons. The van der Waals surface area contributed by atoms with E-state index in [1.165, 1.54) is 0 Å². The highest BCUT2D eigenvalue weighted by Gasteiger charge is 2.08. The van der Waals surface area contributed by atoms with Gasteiger partial charge in [-0.25, -0.2) is 4.98 Å². The number of nitrogens with zero attached hydrogens (tertiary/aromatic N) is 1. The second-order valence-corrected chi connectivity index (χ2v) is 6.06. The minimum atomic E-state index is 0.692. The van der Waals surface area contributed by atoms with Crippen LogP contribution in [-0.4, -0.2) is 4.98 Å². The highest BCUT2D eigenvalue weighted by Crippen LogP contribution is 2.33. The number of halogens is 2. The van der Waals surface area contributed by atoms with Gasteiger partial charge in [0.25, 0.3) is 0 Å². The molecule has 3 rings (SSSR count). The first-order valence-corrected chi connectivity index (χ1v) is 7.29. The molecule has 0 amide bonds. The minimum Gasteiger partial charge on any atom is -0.330 e. The van der Waals surface area contributed by atoms with Crippen molar-refractivity contribution in [3.05, 3.63) is 52.0 Å². The van der Waals surface area contributed by atoms with Crippen LogP contribution in [0, 0.1) is 6.92 Å². The third-order valence-corrected chi connectivity index (χ3v) is 4.31. The maximum absolute atomic E-state index is 6.20. The van der Waals surface area contributed by atoms with Crippen molar-refractivity contribution >= 4 is 55.6 Å². The molecule has 0 bridgehead atoms. The number of rotatable bonds is 2. The van der Waals surface area contributed by atoms with E-state index in [0.29, 0.717) is 10.0 Å². The molecule has 96 valence electrons. The number of hydrogen-bond donors (Lipinski definition) is 1. The summed E-state index contributed by atoms with van der Waals surface area (Å²) in [7, 11) is 0. The minimum absolute atomic E-state index is 0.692. The normalized spacial score (nSPS) is 10.9. The second-order valence-electron chi connectivity index (χ2n) is 4.19. The standard InChI is InChI=1S/C14H10Cl2N2S/c1-8-3-2-4-10(16)13(8)18-14-17-11-7-9(15)5-6-12(11)19-14/h2-7H,1H3,(H,17,18). The molecule has 1 aromatic heterocycles. The average molecular weight is 309 g/mol. The Morgan fingerprint density at radius 1 is 1.16 bits per heavy atom. The SMILES string of the molecule is Cc1cccc(Cl)c1Nc1nc2cc(Cl)ccc2s1. The van der Waals surface area contributed by atoms with Crippen LogP contribution in [0.3, 0.4) is 0 Å². The van der Waals surface area contributed by atoms with Crippen molar-refractivity contribution < 1.29 is 0 Å². The third-order valence-electron chi connectivity index (χ3n) is 2.80. The van der Waals surface area contributed by atoms with Crippen LogP contribution < -0.4 is 5.32 Å². The number of hydrogen-bond acceptors (Lipinski definition) is 3. The molecule has 0 spiro atoms. The van der Waals surface area contributed by atoms with Gasteiger partial charge in [0.05, 0.1) is 20.9 Å². The van der Waals surface area contributed by atoms with Crippen LogP contribution in [0.4, 0.5) is 10.8 Å². The number of para-hydroxylation sites is 1. The van der Waals surface area contributed by atoms with E-state index in [1.54, 1.807) is 11.3 Å². The fourth-order valence-corrected chi connectivity index (χ4v) is 3.14. The molecular weight excluding hydrogens is 299 g/mol. The first kappa shape index (κ1) is 12.7. The molecule has 1 N–H and O–H groups in total. The van der Waals surface area contributed by atoms with Gasteiger partial charge in [-0.3, -0.25) is 0 Å². The van der Waals surface area contributed by atoms with Crippen molar-refractivity contribution in [1.29, 1.82) is 0 Å². The van der Waals surface area contributed by atoms with Crippen molar-refractivity contribution in [2.75, 3.05) is 5.32 Å². The highest BCUT2D eigenvalue weighted by molar-refractivity contribution is 7.22. The Bertz CT molecular complexity index is 732. The van der Waals surface area contributed by atoms with Gasteiger partial charge in [0.1, 0.15) is 0 Å². The molecule has 1 heterocycles. The Balaban J connectivity index is 2.01. The quantitative estimate of drug-likeness (QED) is 0.661. The van der Waals surface area contributed by atoms with Crippen LogP contribution in [0.2, 0.25) is 10.0 Å². The van der Waals surface area contributed by atoms with E-state index >= 15 is 0 Å². The predicted octanol–water partition coefficient (Wildman–Crippen LogP) is 5.66. The molecule has 2 nitrogen and oxygen atoms in total. The monoisotopic (exact) mass is 308 g/mol. The summed E-state index contributed by atoms with van der Waals surface area (Å²) in [5.41, 5.74) is 2.88. The van der Waals surface area contributed by atoms with E-state index in [9.17, 15) is 0 Å². The Morgan fingerprint density at radius 3 is 2.79 bits per heavy atom. The fraction of sp³-hybridized carbons (Fsp3) is 0.0714. The zero-order valence-electron chi connectivity index (χ0n) is 10.1. The fourth-order valence-electron chi connectivity index (χ4n) is 1.85. The summed E-state index contributed by atoms with van der Waals surface area (Å²) in [6.45, 7) is 2.01. The van der Waals surface area contributed by atoms with Gasteiger partial charge in [0.2, 0.25) is 0 Å². The van der Waals surface area contributed by atoms with E-state index < -0.39 is 0 Å². The topological polar surface area (TPSA) is 24.9 Å². The first-order chi connectivity index (χ1) is 9.13. The summed E-state index contributed by atoms with van der Waals surface area (Å²) in [5, 5.41) is 5.48. The number of anilines is 2. The summed E-state index contributed by atoms with van der Waals surface area (Å²) >= 11 is 13.7. The number of aryl methyl sites for hydroxylation is 1. The van der Waals surface area contributed by atoms with Crippen molar-refractivity contribution in [3.8, 4) is 0 Å². The molecule has 3 aromatic rings. The molecule has 5 heteroatoms. The molecule has 2 aromatic carbocycles. The van der Waals surface area contributed by atoms with Gasteiger partial charge in [0, 0.05) is 5.02 Å². The summed E-state index contributed by atoms with van der Waals surface area (Å²) in [5.74, 6) is 0. The molecule has 0 saturated heterocycles. The van der Waals surface area contributed by atoms with Crippen LogP contribution in [0.1, 0.15) is 5.56 Å². The van der Waals surface area contributed by atoms with Crippen LogP contribution in [-0.2, 0) is 0 Å². The zero-order valence-corrected chi connectivity index (χ0v) is 12.4. The molecule has 0 atom stereocenters. The summed E-state index contributed by atoms with van der Waals surface area (Å²) in [6, 6.07) is 11.5. The maximum atomic E-state index is 6.20. The van der Waals surface area contributed by atoms with E-state index in [0.717, 1.165) is 26.6 Å². The Kier molecular flexibility index (Phi) is 3.35. The average Bonchev–Trinajstić information content (AvgIpc) is 2.75. The lowest BCUT2D eigenvalue weighted by Crippen LogP contribution is -1.93. The molecule has 0 unspecified atom stereocenters. The summed E-state index contributed by atoms with van der Waals surface area (Å²) in [4.78, 5) is 4.52. The molecule has 0 aliphatic rings. The highest BCUT2D eigenvalue weighted by atomic mass is 35.5. The van der Waals surface area contributed by atoms with Crippen molar-refractivity contribution in [2.45, 2.75) is 6.92 Å². The lowest BCUT2D eigenvalue weighted by molar-refractivity contribution is 1.40. The number of nitrogens with one attached hydrogen (secondary N) is 1. The van der Waals surface area contributed by atoms with Gasteiger partial charge in [-0.05, 0) is 36.8 Å². The van der Waals surface area contributed by atoms with Crippen LogP contribution >= 0.6 is 34.5 Å². The molecule has 0 aliphatic heterocycles. The molecular formula is C14H10Cl2N2S. The molecule has 0 saturated carbocycles. The van der Waals surface area contributed by atoms with Gasteiger partial charge >= 0.3 is 0 Å². The number of benzene rings is 2. The predicted molar refractivity (Wildman–Crippen MR) is 84.1 cm³/mol. The summed E-state index contributed by atoms with van der Waals surface area (Å²) < 4.78 is 1.09. The van der Waals surface area contributed by atoms with E-state index in [2.05, 4.69) is 10.3 Å². The zero-order chi connectivity index (χ0) is 13.4. The van der Waals surface area contributed by atoms with Gasteiger partial charge in [-0.2, -0.15) is 0 Å². The summed E-state index contributed by atoms with van der Waals surface area (Å²) in [6.07, 6.45) is 0. The van der Waals surface area contributed by atoms with Gasteiger partial charge < -0.3 is 5.32 Å². The lowest BCUT2D eigenvalue weighted by Gasteiger charge is -2.08. The van der Waals surface area contributed by atoms with Gasteiger partial charge in [-0.15, -0.1) is 0 Å². The molecule has 19 heavy (non-hydrogen) atoms. The Hall–Kier alpha value is -1.29. The van der Waals surface area contributed by atoms with E-state index in [-0.39, 0.29) is 0 Å². The largest absolute Gasteiger partial charge is 0.330 e. The number of fused-ring (bicyclic) bond motifs is 1. The van der Waals surface area contributed by atoms with Gasteiger partial charge in [0.15, 0.2) is 5.13 Å². The van der Waals surface area contributed by atoms with E-state index in [1.807, 2.05) is 43.3 Å². The third kappa shape index (κ3) is 2.54. The van der Waals surface area contributed by atoms with Crippen molar-refractivity contribution in [3.63, 3.8) is 0 Å². The number of thiazole rings is 1.